The van der Waals surface area contributed by atoms with Crippen LogP contribution < -0.4 is 16.4 Å². The van der Waals surface area contributed by atoms with Crippen molar-refractivity contribution in [2.45, 2.75) is 69.6 Å². The van der Waals surface area contributed by atoms with Crippen LogP contribution >= 0.6 is 0 Å². The second kappa shape index (κ2) is 7.84. The third kappa shape index (κ3) is 3.57. The SMILES string of the molecule is NC1CC2CCCC(C1)C2NCc1ccc2c(c1)C(=O)N(C1CCC(=O)NC1=O)C2=O. The van der Waals surface area contributed by atoms with Crippen LogP contribution in [0.2, 0.25) is 0 Å². The molecule has 0 spiro atoms. The van der Waals surface area contributed by atoms with Gasteiger partial charge in [0.25, 0.3) is 11.8 Å². The van der Waals surface area contributed by atoms with Gasteiger partial charge in [0.15, 0.2) is 0 Å². The summed E-state index contributed by atoms with van der Waals surface area (Å²) in [4.78, 5) is 50.4. The number of carbonyl (C=O) groups excluding carboxylic acids is 4. The van der Waals surface area contributed by atoms with Crippen molar-refractivity contribution < 1.29 is 19.2 Å². The molecule has 3 unspecified atom stereocenters. The lowest BCUT2D eigenvalue weighted by Gasteiger charge is -2.45. The molecule has 4 N–H and O–H groups in total. The molecule has 3 atom stereocenters. The summed E-state index contributed by atoms with van der Waals surface area (Å²) in [5, 5.41) is 5.92. The summed E-state index contributed by atoms with van der Waals surface area (Å²) in [7, 11) is 0. The Morgan fingerprint density at radius 2 is 1.71 bits per heavy atom. The zero-order chi connectivity index (χ0) is 21.7. The maximum absolute atomic E-state index is 13.0. The molecule has 4 aliphatic rings. The van der Waals surface area contributed by atoms with Crippen molar-refractivity contribution >= 4 is 23.6 Å². The van der Waals surface area contributed by atoms with E-state index in [0.29, 0.717) is 41.6 Å². The van der Waals surface area contributed by atoms with Crippen LogP contribution in [0, 0.1) is 11.8 Å². The van der Waals surface area contributed by atoms with Gasteiger partial charge in [-0.25, -0.2) is 0 Å². The number of hydrogen-bond donors (Lipinski definition) is 3. The highest BCUT2D eigenvalue weighted by Crippen LogP contribution is 2.40. The van der Waals surface area contributed by atoms with E-state index in [1.807, 2.05) is 6.07 Å². The Balaban J connectivity index is 1.30. The molecule has 8 nitrogen and oxygen atoms in total. The summed E-state index contributed by atoms with van der Waals surface area (Å²) >= 11 is 0. The van der Waals surface area contributed by atoms with Gasteiger partial charge in [0.05, 0.1) is 11.1 Å². The molecule has 2 aliphatic carbocycles. The van der Waals surface area contributed by atoms with Gasteiger partial charge in [-0.1, -0.05) is 12.5 Å². The van der Waals surface area contributed by atoms with Gasteiger partial charge in [0.1, 0.15) is 6.04 Å². The fraction of sp³-hybridized carbons (Fsp3) is 0.565. The van der Waals surface area contributed by atoms with Gasteiger partial charge in [0, 0.05) is 25.0 Å². The number of benzene rings is 1. The average Bonchev–Trinajstić information content (AvgIpc) is 2.97. The molecule has 5 rings (SSSR count). The molecule has 2 heterocycles. The first-order valence-corrected chi connectivity index (χ1v) is 11.3. The molecule has 2 bridgehead atoms. The van der Waals surface area contributed by atoms with Crippen molar-refractivity contribution in [3.05, 3.63) is 34.9 Å². The first kappa shape index (κ1) is 20.3. The molecule has 1 aromatic carbocycles. The van der Waals surface area contributed by atoms with Gasteiger partial charge in [-0.15, -0.1) is 0 Å². The second-order valence-corrected chi connectivity index (χ2v) is 9.42. The van der Waals surface area contributed by atoms with Gasteiger partial charge in [0.2, 0.25) is 11.8 Å². The molecule has 2 aliphatic heterocycles. The highest BCUT2D eigenvalue weighted by atomic mass is 16.2. The molecule has 1 saturated heterocycles. The van der Waals surface area contributed by atoms with Crippen molar-refractivity contribution in [3.8, 4) is 0 Å². The molecular weight excluding hydrogens is 396 g/mol. The van der Waals surface area contributed by atoms with Crippen molar-refractivity contribution in [3.63, 3.8) is 0 Å². The minimum Gasteiger partial charge on any atom is -0.328 e. The predicted octanol–water partition coefficient (Wildman–Crippen LogP) is 1.08. The average molecular weight is 425 g/mol. The molecule has 31 heavy (non-hydrogen) atoms. The van der Waals surface area contributed by atoms with Crippen molar-refractivity contribution in [2.75, 3.05) is 0 Å². The Labute approximate surface area is 180 Å². The number of carbonyl (C=O) groups is 4. The minimum absolute atomic E-state index is 0.117. The summed E-state index contributed by atoms with van der Waals surface area (Å²) in [6.07, 6.45) is 6.09. The number of piperidine rings is 1. The number of hydrogen-bond acceptors (Lipinski definition) is 6. The van der Waals surface area contributed by atoms with Crippen molar-refractivity contribution in [1.82, 2.24) is 15.5 Å². The Hall–Kier alpha value is -2.58. The first-order chi connectivity index (χ1) is 14.9. The molecule has 2 saturated carbocycles. The van der Waals surface area contributed by atoms with Crippen LogP contribution in [0.1, 0.15) is 71.2 Å². The largest absolute Gasteiger partial charge is 0.328 e. The molecule has 3 fully saturated rings. The van der Waals surface area contributed by atoms with E-state index < -0.39 is 23.8 Å². The first-order valence-electron chi connectivity index (χ1n) is 11.3. The summed E-state index contributed by atoms with van der Waals surface area (Å²) in [6, 6.07) is 5.12. The molecule has 1 aromatic rings. The number of amides is 4. The van der Waals surface area contributed by atoms with Crippen LogP contribution in [0.25, 0.3) is 0 Å². The van der Waals surface area contributed by atoms with Gasteiger partial charge in [-0.3, -0.25) is 29.4 Å². The molecule has 4 amide bonds. The van der Waals surface area contributed by atoms with Crippen LogP contribution in [0.15, 0.2) is 18.2 Å². The highest BCUT2D eigenvalue weighted by Gasteiger charge is 2.44. The van der Waals surface area contributed by atoms with Crippen molar-refractivity contribution in [1.29, 1.82) is 0 Å². The smallest absolute Gasteiger partial charge is 0.262 e. The van der Waals surface area contributed by atoms with E-state index in [1.165, 1.54) is 19.3 Å². The predicted molar refractivity (Wildman–Crippen MR) is 112 cm³/mol. The molecule has 0 radical (unpaired) electrons. The third-order valence-corrected chi connectivity index (χ3v) is 7.42. The normalized spacial score (nSPS) is 32.8. The lowest BCUT2D eigenvalue weighted by molar-refractivity contribution is -0.136. The topological polar surface area (TPSA) is 122 Å². The van der Waals surface area contributed by atoms with E-state index in [4.69, 9.17) is 5.73 Å². The number of nitrogens with two attached hydrogens (primary N) is 1. The van der Waals surface area contributed by atoms with Crippen LogP contribution in [0.4, 0.5) is 0 Å². The van der Waals surface area contributed by atoms with Gasteiger partial charge in [-0.05, 0) is 61.6 Å². The zero-order valence-electron chi connectivity index (χ0n) is 17.4. The fourth-order valence-corrected chi connectivity index (χ4v) is 5.99. The maximum atomic E-state index is 13.0. The monoisotopic (exact) mass is 424 g/mol. The lowest BCUT2D eigenvalue weighted by atomic mass is 9.67. The number of nitrogens with one attached hydrogen (secondary N) is 2. The summed E-state index contributed by atoms with van der Waals surface area (Å²) in [5.41, 5.74) is 7.82. The number of rotatable bonds is 4. The molecular formula is C23H28N4O4. The van der Waals surface area contributed by atoms with Crippen LogP contribution in [-0.4, -0.2) is 46.7 Å². The van der Waals surface area contributed by atoms with Crippen LogP contribution in [0.3, 0.4) is 0 Å². The highest BCUT2D eigenvalue weighted by molar-refractivity contribution is 6.23. The van der Waals surface area contributed by atoms with E-state index in [-0.39, 0.29) is 18.7 Å². The quantitative estimate of drug-likeness (QED) is 0.622. The third-order valence-electron chi connectivity index (χ3n) is 7.42. The second-order valence-electron chi connectivity index (χ2n) is 9.42. The van der Waals surface area contributed by atoms with Gasteiger partial charge < -0.3 is 11.1 Å². The Bertz CT molecular complexity index is 947. The van der Waals surface area contributed by atoms with E-state index in [1.54, 1.807) is 12.1 Å². The zero-order valence-corrected chi connectivity index (χ0v) is 17.4. The van der Waals surface area contributed by atoms with E-state index in [2.05, 4.69) is 10.6 Å². The maximum Gasteiger partial charge on any atom is 0.262 e. The fourth-order valence-electron chi connectivity index (χ4n) is 5.99. The summed E-state index contributed by atoms with van der Waals surface area (Å²) in [6.45, 7) is 0.625. The summed E-state index contributed by atoms with van der Waals surface area (Å²) in [5.74, 6) is -0.692. The van der Waals surface area contributed by atoms with Crippen LogP contribution in [0.5, 0.6) is 0 Å². The van der Waals surface area contributed by atoms with E-state index in [9.17, 15) is 19.2 Å². The minimum atomic E-state index is -0.933. The van der Waals surface area contributed by atoms with Crippen LogP contribution in [-0.2, 0) is 16.1 Å². The molecule has 164 valence electrons. The number of imide groups is 2. The molecule has 0 aromatic heterocycles. The van der Waals surface area contributed by atoms with E-state index >= 15 is 0 Å². The van der Waals surface area contributed by atoms with E-state index in [0.717, 1.165) is 23.3 Å². The Morgan fingerprint density at radius 3 is 2.42 bits per heavy atom. The lowest BCUT2D eigenvalue weighted by Crippen LogP contribution is -2.54. The van der Waals surface area contributed by atoms with Crippen molar-refractivity contribution in [2.24, 2.45) is 17.6 Å². The van der Waals surface area contributed by atoms with Gasteiger partial charge >= 0.3 is 0 Å². The number of fused-ring (bicyclic) bond motifs is 3. The Kier molecular flexibility index (Phi) is 5.14. The Morgan fingerprint density at radius 1 is 1.00 bits per heavy atom. The summed E-state index contributed by atoms with van der Waals surface area (Å²) < 4.78 is 0. The molecule has 8 heteroatoms. The van der Waals surface area contributed by atoms with Gasteiger partial charge in [-0.2, -0.15) is 0 Å². The number of nitrogens with zero attached hydrogens (tertiary/aromatic N) is 1. The standard InChI is InChI=1S/C23H28N4O4/c24-15-9-13-2-1-3-14(10-15)20(13)25-11-12-4-5-16-17(8-12)23(31)27(22(16)30)18-6-7-19(28)26-21(18)29/h4-5,8,13-15,18,20,25H,1-3,6-7,9-11,24H2,(H,26,28,29).